The molecule has 0 fully saturated rings. The van der Waals surface area contributed by atoms with Crippen LogP contribution in [0.2, 0.25) is 5.02 Å². The van der Waals surface area contributed by atoms with Gasteiger partial charge < -0.3 is 4.52 Å². The highest BCUT2D eigenvalue weighted by Gasteiger charge is 2.16. The molecule has 0 aliphatic carbocycles. The average Bonchev–Trinajstić information content (AvgIpc) is 3.28. The molecule has 0 spiro atoms. The van der Waals surface area contributed by atoms with Crippen molar-refractivity contribution >= 4 is 34.3 Å². The number of halogens is 1. The SMILES string of the molecule is Cc1ccc(-n2c(SCc3nc(-c4ccccc4Cl)no3)nc3ccccc3c2=O)cc1. The lowest BCUT2D eigenvalue weighted by Gasteiger charge is -2.12. The molecule has 5 rings (SSSR count). The lowest BCUT2D eigenvalue weighted by molar-refractivity contribution is 0.391. The zero-order chi connectivity index (χ0) is 22.1. The van der Waals surface area contributed by atoms with Gasteiger partial charge in [0.05, 0.1) is 27.4 Å². The summed E-state index contributed by atoms with van der Waals surface area (Å²) < 4.78 is 7.04. The van der Waals surface area contributed by atoms with Crippen LogP contribution in [-0.2, 0) is 5.75 Å². The van der Waals surface area contributed by atoms with Gasteiger partial charge in [-0.1, -0.05) is 70.5 Å². The highest BCUT2D eigenvalue weighted by atomic mass is 35.5. The van der Waals surface area contributed by atoms with Crippen LogP contribution >= 0.6 is 23.4 Å². The third-order valence-electron chi connectivity index (χ3n) is 4.94. The number of aryl methyl sites for hydroxylation is 1. The first kappa shape index (κ1) is 20.5. The lowest BCUT2D eigenvalue weighted by Crippen LogP contribution is -2.21. The summed E-state index contributed by atoms with van der Waals surface area (Å²) in [6.07, 6.45) is 0. The number of aromatic nitrogens is 4. The first-order valence-corrected chi connectivity index (χ1v) is 11.3. The van der Waals surface area contributed by atoms with Gasteiger partial charge in [0, 0.05) is 5.56 Å². The zero-order valence-electron chi connectivity index (χ0n) is 17.0. The van der Waals surface area contributed by atoms with E-state index >= 15 is 0 Å². The molecule has 6 nitrogen and oxygen atoms in total. The van der Waals surface area contributed by atoms with Crippen LogP contribution in [0.5, 0.6) is 0 Å². The molecule has 0 amide bonds. The monoisotopic (exact) mass is 460 g/mol. The van der Waals surface area contributed by atoms with Crippen molar-refractivity contribution in [2.24, 2.45) is 0 Å². The molecule has 0 radical (unpaired) electrons. The van der Waals surface area contributed by atoms with Crippen molar-refractivity contribution in [2.75, 3.05) is 0 Å². The molecule has 0 N–H and O–H groups in total. The predicted octanol–water partition coefficient (Wildman–Crippen LogP) is 5.69. The normalized spacial score (nSPS) is 11.2. The van der Waals surface area contributed by atoms with Gasteiger partial charge in [-0.25, -0.2) is 4.98 Å². The fraction of sp³-hybridized carbons (Fsp3) is 0.0833. The molecule has 3 aromatic carbocycles. The summed E-state index contributed by atoms with van der Waals surface area (Å²) in [5, 5.41) is 5.71. The Hall–Kier alpha value is -3.42. The minimum atomic E-state index is -0.121. The number of para-hydroxylation sites is 1. The van der Waals surface area contributed by atoms with Gasteiger partial charge in [-0.3, -0.25) is 9.36 Å². The van der Waals surface area contributed by atoms with Crippen LogP contribution in [-0.4, -0.2) is 19.7 Å². The van der Waals surface area contributed by atoms with E-state index in [9.17, 15) is 4.79 Å². The minimum absolute atomic E-state index is 0.121. The van der Waals surface area contributed by atoms with Gasteiger partial charge in [-0.2, -0.15) is 4.98 Å². The minimum Gasteiger partial charge on any atom is -0.338 e. The molecule has 158 valence electrons. The van der Waals surface area contributed by atoms with Gasteiger partial charge in [-0.15, -0.1) is 0 Å². The molecule has 2 aromatic heterocycles. The second-order valence-electron chi connectivity index (χ2n) is 7.17. The first-order valence-electron chi connectivity index (χ1n) is 9.89. The number of hydrogen-bond donors (Lipinski definition) is 0. The van der Waals surface area contributed by atoms with E-state index in [-0.39, 0.29) is 5.56 Å². The summed E-state index contributed by atoms with van der Waals surface area (Å²) in [4.78, 5) is 22.5. The van der Waals surface area contributed by atoms with Crippen LogP contribution in [0.3, 0.4) is 0 Å². The Morgan fingerprint density at radius 2 is 1.72 bits per heavy atom. The molecule has 0 atom stereocenters. The Morgan fingerprint density at radius 1 is 0.969 bits per heavy atom. The van der Waals surface area contributed by atoms with Gasteiger partial charge in [0.15, 0.2) is 5.16 Å². The van der Waals surface area contributed by atoms with Gasteiger partial charge in [0.2, 0.25) is 11.7 Å². The number of benzene rings is 3. The van der Waals surface area contributed by atoms with Crippen LogP contribution < -0.4 is 5.56 Å². The molecule has 8 heteroatoms. The quantitative estimate of drug-likeness (QED) is 0.248. The van der Waals surface area contributed by atoms with Crippen LogP contribution in [0, 0.1) is 6.92 Å². The van der Waals surface area contributed by atoms with Gasteiger partial charge in [0.1, 0.15) is 0 Å². The Bertz CT molecular complexity index is 1480. The van der Waals surface area contributed by atoms with Crippen molar-refractivity contribution in [2.45, 2.75) is 17.8 Å². The second kappa shape index (κ2) is 8.61. The Kier molecular flexibility index (Phi) is 5.51. The maximum Gasteiger partial charge on any atom is 0.266 e. The smallest absolute Gasteiger partial charge is 0.266 e. The summed E-state index contributed by atoms with van der Waals surface area (Å²) in [6, 6.07) is 22.4. The van der Waals surface area contributed by atoms with E-state index in [0.29, 0.717) is 44.1 Å². The predicted molar refractivity (Wildman–Crippen MR) is 126 cm³/mol. The van der Waals surface area contributed by atoms with E-state index in [2.05, 4.69) is 10.1 Å². The van der Waals surface area contributed by atoms with Crippen molar-refractivity contribution in [3.8, 4) is 17.1 Å². The first-order chi connectivity index (χ1) is 15.6. The number of hydrogen-bond acceptors (Lipinski definition) is 6. The van der Waals surface area contributed by atoms with Crippen molar-refractivity contribution in [3.63, 3.8) is 0 Å². The van der Waals surface area contributed by atoms with Gasteiger partial charge in [0.25, 0.3) is 5.56 Å². The molecule has 0 saturated heterocycles. The molecule has 0 bridgehead atoms. The molecule has 2 heterocycles. The average molecular weight is 461 g/mol. The molecular formula is C24H17ClN4O2S. The highest BCUT2D eigenvalue weighted by Crippen LogP contribution is 2.28. The number of rotatable bonds is 5. The van der Waals surface area contributed by atoms with Crippen LogP contribution in [0.4, 0.5) is 0 Å². The largest absolute Gasteiger partial charge is 0.338 e. The molecule has 0 saturated carbocycles. The van der Waals surface area contributed by atoms with Crippen LogP contribution in [0.25, 0.3) is 28.0 Å². The van der Waals surface area contributed by atoms with E-state index < -0.39 is 0 Å². The fourth-order valence-corrected chi connectivity index (χ4v) is 4.39. The van der Waals surface area contributed by atoms with Crippen LogP contribution in [0.1, 0.15) is 11.5 Å². The molecule has 32 heavy (non-hydrogen) atoms. The maximum absolute atomic E-state index is 13.3. The van der Waals surface area contributed by atoms with E-state index in [1.54, 1.807) is 16.7 Å². The summed E-state index contributed by atoms with van der Waals surface area (Å²) in [5.41, 5.74) is 3.09. The van der Waals surface area contributed by atoms with Gasteiger partial charge in [-0.05, 0) is 43.3 Å². The van der Waals surface area contributed by atoms with E-state index in [1.807, 2.05) is 67.6 Å². The van der Waals surface area contributed by atoms with Crippen molar-refractivity contribution in [1.82, 2.24) is 19.7 Å². The molecule has 0 unspecified atom stereocenters. The summed E-state index contributed by atoms with van der Waals surface area (Å²) in [7, 11) is 0. The number of fused-ring (bicyclic) bond motifs is 1. The molecule has 0 aliphatic heterocycles. The highest BCUT2D eigenvalue weighted by molar-refractivity contribution is 7.98. The standard InChI is InChI=1S/C24H17ClN4O2S/c1-15-10-12-16(13-11-15)29-23(30)18-7-3-5-9-20(18)26-24(29)32-14-21-27-22(28-31-21)17-6-2-4-8-19(17)25/h2-13H,14H2,1H3. The lowest BCUT2D eigenvalue weighted by atomic mass is 10.2. The molecular weight excluding hydrogens is 444 g/mol. The number of thioether (sulfide) groups is 1. The third kappa shape index (κ3) is 3.92. The van der Waals surface area contributed by atoms with Gasteiger partial charge >= 0.3 is 0 Å². The van der Waals surface area contributed by atoms with Crippen LogP contribution in [0.15, 0.2) is 87.3 Å². The van der Waals surface area contributed by atoms with E-state index in [1.165, 1.54) is 11.8 Å². The summed E-state index contributed by atoms with van der Waals surface area (Å²) >= 11 is 7.60. The maximum atomic E-state index is 13.3. The Labute approximate surface area is 192 Å². The molecule has 5 aromatic rings. The summed E-state index contributed by atoms with van der Waals surface area (Å²) in [5.74, 6) is 1.20. The van der Waals surface area contributed by atoms with Crippen molar-refractivity contribution in [1.29, 1.82) is 0 Å². The Morgan fingerprint density at radius 3 is 2.53 bits per heavy atom. The topological polar surface area (TPSA) is 73.8 Å². The Balaban J connectivity index is 1.52. The fourth-order valence-electron chi connectivity index (χ4n) is 3.32. The second-order valence-corrected chi connectivity index (χ2v) is 8.52. The van der Waals surface area contributed by atoms with E-state index in [0.717, 1.165) is 11.3 Å². The number of nitrogens with zero attached hydrogens (tertiary/aromatic N) is 4. The van der Waals surface area contributed by atoms with E-state index in [4.69, 9.17) is 21.1 Å². The third-order valence-corrected chi connectivity index (χ3v) is 6.20. The summed E-state index contributed by atoms with van der Waals surface area (Å²) in [6.45, 7) is 2.01. The molecule has 0 aliphatic rings. The zero-order valence-corrected chi connectivity index (χ0v) is 18.6. The van der Waals surface area contributed by atoms with Crippen molar-refractivity contribution in [3.05, 3.63) is 99.6 Å². The van der Waals surface area contributed by atoms with Crippen molar-refractivity contribution < 1.29 is 4.52 Å².